The molecular formula is C14H20ClNO2. The minimum Gasteiger partial charge on any atom is -0.386 e. The molecule has 1 unspecified atom stereocenters. The summed E-state index contributed by atoms with van der Waals surface area (Å²) in [5, 5.41) is 11.3. The molecule has 1 fully saturated rings. The highest BCUT2D eigenvalue weighted by atomic mass is 35.5. The topological polar surface area (TPSA) is 32.7 Å². The molecule has 0 spiro atoms. The number of rotatable bonds is 3. The van der Waals surface area contributed by atoms with E-state index in [2.05, 4.69) is 18.7 Å². The van der Waals surface area contributed by atoms with Gasteiger partial charge in [-0.3, -0.25) is 4.90 Å². The molecular weight excluding hydrogens is 250 g/mol. The Morgan fingerprint density at radius 1 is 1.22 bits per heavy atom. The Hall–Kier alpha value is -0.610. The Balaban J connectivity index is 2.14. The van der Waals surface area contributed by atoms with Gasteiger partial charge in [0.1, 0.15) is 0 Å². The Bertz CT molecular complexity index is 385. The SMILES string of the molecule is CC(C)(C(O)c1ccc(Cl)cc1)N1CCOCC1. The molecule has 0 saturated carbocycles. The molecule has 18 heavy (non-hydrogen) atoms. The van der Waals surface area contributed by atoms with Crippen LogP contribution in [0.4, 0.5) is 0 Å². The number of aliphatic hydroxyl groups is 1. The van der Waals surface area contributed by atoms with Crippen molar-refractivity contribution in [3.05, 3.63) is 34.9 Å². The van der Waals surface area contributed by atoms with E-state index in [0.717, 1.165) is 31.9 Å². The lowest BCUT2D eigenvalue weighted by Crippen LogP contribution is -2.53. The third kappa shape index (κ3) is 2.86. The van der Waals surface area contributed by atoms with Gasteiger partial charge in [0.2, 0.25) is 0 Å². The van der Waals surface area contributed by atoms with E-state index >= 15 is 0 Å². The molecule has 0 aliphatic carbocycles. The summed E-state index contributed by atoms with van der Waals surface area (Å²) in [5.41, 5.74) is 0.591. The average molecular weight is 270 g/mol. The second-order valence-corrected chi connectivity index (χ2v) is 5.64. The Morgan fingerprint density at radius 3 is 2.33 bits per heavy atom. The number of hydrogen-bond acceptors (Lipinski definition) is 3. The van der Waals surface area contributed by atoms with Crippen molar-refractivity contribution in [3.8, 4) is 0 Å². The molecule has 4 heteroatoms. The quantitative estimate of drug-likeness (QED) is 0.915. The average Bonchev–Trinajstić information content (AvgIpc) is 2.40. The summed E-state index contributed by atoms with van der Waals surface area (Å²) in [6.45, 7) is 7.32. The number of hydrogen-bond donors (Lipinski definition) is 1. The Morgan fingerprint density at radius 2 is 1.78 bits per heavy atom. The maximum atomic E-state index is 10.6. The van der Waals surface area contributed by atoms with Gasteiger partial charge in [0.15, 0.2) is 0 Å². The Kier molecular flexibility index (Phi) is 4.28. The van der Waals surface area contributed by atoms with Crippen molar-refractivity contribution < 1.29 is 9.84 Å². The smallest absolute Gasteiger partial charge is 0.0968 e. The largest absolute Gasteiger partial charge is 0.386 e. The van der Waals surface area contributed by atoms with E-state index < -0.39 is 6.10 Å². The molecule has 100 valence electrons. The second-order valence-electron chi connectivity index (χ2n) is 5.21. The molecule has 1 atom stereocenters. The number of halogens is 1. The van der Waals surface area contributed by atoms with Crippen LogP contribution in [0.15, 0.2) is 24.3 Å². The third-order valence-corrected chi connectivity index (χ3v) is 3.93. The van der Waals surface area contributed by atoms with Crippen LogP contribution in [-0.2, 0) is 4.74 Å². The molecule has 1 aromatic rings. The van der Waals surface area contributed by atoms with Crippen molar-refractivity contribution in [1.29, 1.82) is 0 Å². The lowest BCUT2D eigenvalue weighted by atomic mass is 9.89. The summed E-state index contributed by atoms with van der Waals surface area (Å²) in [4.78, 5) is 2.27. The minimum atomic E-state index is -0.534. The van der Waals surface area contributed by atoms with Gasteiger partial charge >= 0.3 is 0 Å². The summed E-state index contributed by atoms with van der Waals surface area (Å²) < 4.78 is 5.36. The van der Waals surface area contributed by atoms with Crippen molar-refractivity contribution in [2.75, 3.05) is 26.3 Å². The summed E-state index contributed by atoms with van der Waals surface area (Å²) in [6.07, 6.45) is -0.534. The normalized spacial score (nSPS) is 19.8. The molecule has 0 bridgehead atoms. The number of ether oxygens (including phenoxy) is 1. The third-order valence-electron chi connectivity index (χ3n) is 3.68. The monoisotopic (exact) mass is 269 g/mol. The van der Waals surface area contributed by atoms with Crippen LogP contribution in [0.25, 0.3) is 0 Å². The zero-order valence-corrected chi connectivity index (χ0v) is 11.7. The van der Waals surface area contributed by atoms with Crippen LogP contribution in [0.3, 0.4) is 0 Å². The molecule has 1 heterocycles. The van der Waals surface area contributed by atoms with Crippen molar-refractivity contribution in [2.24, 2.45) is 0 Å². The summed E-state index contributed by atoms with van der Waals surface area (Å²) in [6, 6.07) is 7.40. The predicted molar refractivity (Wildman–Crippen MR) is 72.9 cm³/mol. The van der Waals surface area contributed by atoms with Crippen LogP contribution < -0.4 is 0 Å². The van der Waals surface area contributed by atoms with Crippen LogP contribution in [0.5, 0.6) is 0 Å². The lowest BCUT2D eigenvalue weighted by Gasteiger charge is -2.43. The molecule has 0 aromatic heterocycles. The maximum Gasteiger partial charge on any atom is 0.0968 e. The van der Waals surface area contributed by atoms with Gasteiger partial charge in [0.25, 0.3) is 0 Å². The van der Waals surface area contributed by atoms with Crippen LogP contribution in [0.1, 0.15) is 25.5 Å². The molecule has 1 aliphatic rings. The van der Waals surface area contributed by atoms with Gasteiger partial charge in [0.05, 0.1) is 19.3 Å². The standard InChI is InChI=1S/C14H20ClNO2/c1-14(2,16-7-9-18-10-8-16)13(17)11-3-5-12(15)6-4-11/h3-6,13,17H,7-10H2,1-2H3. The van der Waals surface area contributed by atoms with E-state index in [1.807, 2.05) is 24.3 Å². The fourth-order valence-corrected chi connectivity index (χ4v) is 2.49. The summed E-state index contributed by atoms with van der Waals surface area (Å²) in [7, 11) is 0. The van der Waals surface area contributed by atoms with Gasteiger partial charge in [-0.05, 0) is 31.5 Å². The van der Waals surface area contributed by atoms with Crippen LogP contribution in [-0.4, -0.2) is 41.8 Å². The first-order valence-electron chi connectivity index (χ1n) is 6.28. The van der Waals surface area contributed by atoms with Gasteiger partial charge in [0, 0.05) is 23.7 Å². The Labute approximate surface area is 113 Å². The molecule has 2 rings (SSSR count). The zero-order valence-electron chi connectivity index (χ0n) is 10.9. The molecule has 0 radical (unpaired) electrons. The highest BCUT2D eigenvalue weighted by molar-refractivity contribution is 6.30. The molecule has 0 amide bonds. The van der Waals surface area contributed by atoms with Crippen molar-refractivity contribution in [3.63, 3.8) is 0 Å². The minimum absolute atomic E-state index is 0.308. The number of aliphatic hydroxyl groups excluding tert-OH is 1. The summed E-state index contributed by atoms with van der Waals surface area (Å²) >= 11 is 5.87. The second kappa shape index (κ2) is 5.57. The molecule has 1 aliphatic heterocycles. The first-order chi connectivity index (χ1) is 8.51. The van der Waals surface area contributed by atoms with Crippen molar-refractivity contribution in [2.45, 2.75) is 25.5 Å². The number of benzene rings is 1. The van der Waals surface area contributed by atoms with E-state index in [0.29, 0.717) is 5.02 Å². The first-order valence-corrected chi connectivity index (χ1v) is 6.66. The zero-order chi connectivity index (χ0) is 13.2. The van der Waals surface area contributed by atoms with E-state index in [4.69, 9.17) is 16.3 Å². The number of morpholine rings is 1. The molecule has 1 saturated heterocycles. The van der Waals surface area contributed by atoms with Crippen LogP contribution in [0, 0.1) is 0 Å². The van der Waals surface area contributed by atoms with Gasteiger partial charge in [-0.2, -0.15) is 0 Å². The first kappa shape index (κ1) is 13.8. The fourth-order valence-electron chi connectivity index (χ4n) is 2.37. The van der Waals surface area contributed by atoms with Crippen molar-refractivity contribution >= 4 is 11.6 Å². The van der Waals surface area contributed by atoms with Crippen LogP contribution in [0.2, 0.25) is 5.02 Å². The van der Waals surface area contributed by atoms with Crippen molar-refractivity contribution in [1.82, 2.24) is 4.90 Å². The van der Waals surface area contributed by atoms with E-state index in [1.54, 1.807) is 0 Å². The molecule has 1 aromatic carbocycles. The lowest BCUT2D eigenvalue weighted by molar-refractivity contribution is -0.0630. The van der Waals surface area contributed by atoms with Gasteiger partial charge < -0.3 is 9.84 Å². The van der Waals surface area contributed by atoms with Gasteiger partial charge in [-0.15, -0.1) is 0 Å². The van der Waals surface area contributed by atoms with E-state index in [9.17, 15) is 5.11 Å². The number of nitrogens with zero attached hydrogens (tertiary/aromatic N) is 1. The maximum absolute atomic E-state index is 10.6. The fraction of sp³-hybridized carbons (Fsp3) is 0.571. The van der Waals surface area contributed by atoms with Crippen LogP contribution >= 0.6 is 11.6 Å². The highest BCUT2D eigenvalue weighted by Gasteiger charge is 2.35. The van der Waals surface area contributed by atoms with E-state index in [-0.39, 0.29) is 5.54 Å². The van der Waals surface area contributed by atoms with E-state index in [1.165, 1.54) is 0 Å². The van der Waals surface area contributed by atoms with Gasteiger partial charge in [-0.25, -0.2) is 0 Å². The predicted octanol–water partition coefficient (Wildman–Crippen LogP) is 2.48. The summed E-state index contributed by atoms with van der Waals surface area (Å²) in [5.74, 6) is 0. The molecule has 3 nitrogen and oxygen atoms in total. The molecule has 1 N–H and O–H groups in total. The highest BCUT2D eigenvalue weighted by Crippen LogP contribution is 2.32. The van der Waals surface area contributed by atoms with Gasteiger partial charge in [-0.1, -0.05) is 23.7 Å².